The van der Waals surface area contributed by atoms with E-state index in [1.54, 1.807) is 0 Å². The fourth-order valence-electron chi connectivity index (χ4n) is 3.11. The van der Waals surface area contributed by atoms with Crippen molar-refractivity contribution < 1.29 is 0 Å². The summed E-state index contributed by atoms with van der Waals surface area (Å²) in [6.45, 7) is 5.52. The maximum Gasteiger partial charge on any atom is 0.0489 e. The molecule has 0 radical (unpaired) electrons. The molecule has 0 aliphatic carbocycles. The highest BCUT2D eigenvalue weighted by Gasteiger charge is 2.20. The van der Waals surface area contributed by atoms with Crippen LogP contribution < -0.4 is 5.32 Å². The Hall–Kier alpha value is -1.32. The third kappa shape index (κ3) is 2.40. The summed E-state index contributed by atoms with van der Waals surface area (Å²) in [5.74, 6) is 0. The first-order valence-electron chi connectivity index (χ1n) is 7.28. The third-order valence-corrected chi connectivity index (χ3v) is 4.35. The Morgan fingerprint density at radius 2 is 2.21 bits per heavy atom. The van der Waals surface area contributed by atoms with Gasteiger partial charge in [-0.2, -0.15) is 0 Å². The summed E-state index contributed by atoms with van der Waals surface area (Å²) in [5.41, 5.74) is 4.14. The number of aromatic amines is 1. The summed E-state index contributed by atoms with van der Waals surface area (Å²) in [7, 11) is 2.24. The number of H-pyrrole nitrogens is 1. The highest BCUT2D eigenvalue weighted by Crippen LogP contribution is 2.24. The molecule has 1 unspecified atom stereocenters. The van der Waals surface area contributed by atoms with Crippen molar-refractivity contribution in [2.75, 3.05) is 20.1 Å². The molecule has 1 atom stereocenters. The number of hydrogen-bond donors (Lipinski definition) is 2. The summed E-state index contributed by atoms with van der Waals surface area (Å²) >= 11 is 0. The van der Waals surface area contributed by atoms with E-state index < -0.39 is 0 Å². The number of fused-ring (bicyclic) bond motifs is 1. The van der Waals surface area contributed by atoms with Crippen LogP contribution >= 0.6 is 0 Å². The van der Waals surface area contributed by atoms with E-state index in [4.69, 9.17) is 0 Å². The van der Waals surface area contributed by atoms with Gasteiger partial charge < -0.3 is 10.3 Å². The molecule has 1 saturated heterocycles. The molecule has 1 aliphatic rings. The number of nitrogens with one attached hydrogen (secondary N) is 2. The first kappa shape index (κ1) is 12.7. The van der Waals surface area contributed by atoms with Gasteiger partial charge in [-0.25, -0.2) is 0 Å². The Morgan fingerprint density at radius 1 is 1.32 bits per heavy atom. The molecule has 1 fully saturated rings. The second kappa shape index (κ2) is 5.35. The van der Waals surface area contributed by atoms with Crippen LogP contribution in [0, 0.1) is 0 Å². The first-order chi connectivity index (χ1) is 9.29. The standard InChI is InChI=1S/C16H23N3/c1-3-12-5-4-6-15-13(9-18-16(12)15)11-19(2)14-7-8-17-10-14/h4-6,9,14,17-18H,3,7-8,10-11H2,1-2H3. The van der Waals surface area contributed by atoms with Crippen molar-refractivity contribution in [1.82, 2.24) is 15.2 Å². The molecule has 2 aromatic rings. The number of nitrogens with zero attached hydrogens (tertiary/aromatic N) is 1. The minimum Gasteiger partial charge on any atom is -0.361 e. The molecule has 102 valence electrons. The summed E-state index contributed by atoms with van der Waals surface area (Å²) in [5, 5.41) is 4.83. The van der Waals surface area contributed by atoms with E-state index in [2.05, 4.69) is 53.6 Å². The van der Waals surface area contributed by atoms with Crippen LogP contribution in [0.15, 0.2) is 24.4 Å². The second-order valence-corrected chi connectivity index (χ2v) is 5.57. The fraction of sp³-hybridized carbons (Fsp3) is 0.500. The lowest BCUT2D eigenvalue weighted by molar-refractivity contribution is 0.250. The highest BCUT2D eigenvalue weighted by atomic mass is 15.2. The van der Waals surface area contributed by atoms with Gasteiger partial charge in [0.15, 0.2) is 0 Å². The van der Waals surface area contributed by atoms with Crippen LogP contribution in [-0.2, 0) is 13.0 Å². The molecule has 0 saturated carbocycles. The van der Waals surface area contributed by atoms with E-state index >= 15 is 0 Å². The molecule has 1 aliphatic heterocycles. The number of aromatic nitrogens is 1. The maximum atomic E-state index is 3.46. The van der Waals surface area contributed by atoms with Crippen molar-refractivity contribution in [2.45, 2.75) is 32.4 Å². The molecule has 1 aromatic carbocycles. The van der Waals surface area contributed by atoms with Crippen molar-refractivity contribution in [2.24, 2.45) is 0 Å². The molecule has 2 N–H and O–H groups in total. The number of para-hydroxylation sites is 1. The van der Waals surface area contributed by atoms with Gasteiger partial charge in [-0.1, -0.05) is 25.1 Å². The molecular formula is C16H23N3. The van der Waals surface area contributed by atoms with Crippen LogP contribution in [0.4, 0.5) is 0 Å². The zero-order chi connectivity index (χ0) is 13.2. The normalized spacial score (nSPS) is 19.6. The topological polar surface area (TPSA) is 31.1 Å². The minimum absolute atomic E-state index is 0.680. The van der Waals surface area contributed by atoms with Crippen molar-refractivity contribution in [3.63, 3.8) is 0 Å². The molecule has 1 aromatic heterocycles. The fourth-order valence-corrected chi connectivity index (χ4v) is 3.11. The van der Waals surface area contributed by atoms with Crippen molar-refractivity contribution >= 4 is 10.9 Å². The summed E-state index contributed by atoms with van der Waals surface area (Å²) < 4.78 is 0. The molecule has 0 spiro atoms. The van der Waals surface area contributed by atoms with Crippen molar-refractivity contribution in [1.29, 1.82) is 0 Å². The molecule has 0 amide bonds. The van der Waals surface area contributed by atoms with Crippen molar-refractivity contribution in [3.8, 4) is 0 Å². The van der Waals surface area contributed by atoms with Crippen LogP contribution in [0.25, 0.3) is 10.9 Å². The van der Waals surface area contributed by atoms with Gasteiger partial charge in [0.1, 0.15) is 0 Å². The van der Waals surface area contributed by atoms with E-state index in [1.165, 1.54) is 28.5 Å². The number of aryl methyl sites for hydroxylation is 1. The van der Waals surface area contributed by atoms with Crippen molar-refractivity contribution in [3.05, 3.63) is 35.5 Å². The van der Waals surface area contributed by atoms with Crippen LogP contribution in [-0.4, -0.2) is 36.1 Å². The van der Waals surface area contributed by atoms with Crippen LogP contribution in [0.3, 0.4) is 0 Å². The van der Waals surface area contributed by atoms with Gasteiger partial charge in [-0.15, -0.1) is 0 Å². The zero-order valence-electron chi connectivity index (χ0n) is 11.9. The Labute approximate surface area is 115 Å². The lowest BCUT2D eigenvalue weighted by Gasteiger charge is -2.23. The highest BCUT2D eigenvalue weighted by molar-refractivity contribution is 5.86. The summed E-state index contributed by atoms with van der Waals surface area (Å²) in [6.07, 6.45) is 4.53. The average Bonchev–Trinajstić information content (AvgIpc) is 3.08. The van der Waals surface area contributed by atoms with Crippen LogP contribution in [0.1, 0.15) is 24.5 Å². The molecular weight excluding hydrogens is 234 g/mol. The Kier molecular flexibility index (Phi) is 3.58. The van der Waals surface area contributed by atoms with Gasteiger partial charge in [-0.05, 0) is 37.6 Å². The van der Waals surface area contributed by atoms with E-state index in [0.717, 1.165) is 26.1 Å². The number of benzene rings is 1. The van der Waals surface area contributed by atoms with E-state index in [0.29, 0.717) is 6.04 Å². The average molecular weight is 257 g/mol. The lowest BCUT2D eigenvalue weighted by Crippen LogP contribution is -2.32. The van der Waals surface area contributed by atoms with Gasteiger partial charge in [0, 0.05) is 36.2 Å². The molecule has 0 bridgehead atoms. The molecule has 2 heterocycles. The quantitative estimate of drug-likeness (QED) is 0.882. The van der Waals surface area contributed by atoms with Gasteiger partial charge in [0.05, 0.1) is 0 Å². The third-order valence-electron chi connectivity index (χ3n) is 4.35. The Balaban J connectivity index is 1.84. The van der Waals surface area contributed by atoms with Gasteiger partial charge in [-0.3, -0.25) is 4.90 Å². The first-order valence-corrected chi connectivity index (χ1v) is 7.28. The summed E-state index contributed by atoms with van der Waals surface area (Å²) in [6, 6.07) is 7.31. The summed E-state index contributed by atoms with van der Waals surface area (Å²) in [4.78, 5) is 5.93. The maximum absolute atomic E-state index is 3.46. The molecule has 3 nitrogen and oxygen atoms in total. The van der Waals surface area contributed by atoms with Crippen LogP contribution in [0.5, 0.6) is 0 Å². The SMILES string of the molecule is CCc1cccc2c(CN(C)C3CCNC3)c[nH]c12. The number of hydrogen-bond acceptors (Lipinski definition) is 2. The second-order valence-electron chi connectivity index (χ2n) is 5.57. The predicted octanol–water partition coefficient (Wildman–Crippen LogP) is 2.52. The smallest absolute Gasteiger partial charge is 0.0489 e. The molecule has 3 rings (SSSR count). The zero-order valence-corrected chi connectivity index (χ0v) is 11.9. The van der Waals surface area contributed by atoms with Gasteiger partial charge >= 0.3 is 0 Å². The van der Waals surface area contributed by atoms with Gasteiger partial charge in [0.2, 0.25) is 0 Å². The lowest BCUT2D eigenvalue weighted by atomic mass is 10.1. The number of likely N-dealkylation sites (N-methyl/N-ethyl adjacent to an activating group) is 1. The van der Waals surface area contributed by atoms with Crippen LogP contribution in [0.2, 0.25) is 0 Å². The largest absolute Gasteiger partial charge is 0.361 e. The molecule has 19 heavy (non-hydrogen) atoms. The molecule has 3 heteroatoms. The van der Waals surface area contributed by atoms with E-state index in [1.807, 2.05) is 0 Å². The predicted molar refractivity (Wildman–Crippen MR) is 80.4 cm³/mol. The van der Waals surface area contributed by atoms with Gasteiger partial charge in [0.25, 0.3) is 0 Å². The van der Waals surface area contributed by atoms with E-state index in [-0.39, 0.29) is 0 Å². The van der Waals surface area contributed by atoms with E-state index in [9.17, 15) is 0 Å². The number of rotatable bonds is 4. The monoisotopic (exact) mass is 257 g/mol. The minimum atomic E-state index is 0.680. The Morgan fingerprint density at radius 3 is 2.95 bits per heavy atom. The Bertz CT molecular complexity index is 552.